The largest absolute Gasteiger partial charge is 0.455 e. The first-order valence-electron chi connectivity index (χ1n) is 6.06. The first-order valence-corrected chi connectivity index (χ1v) is 6.82. The molecule has 0 spiro atoms. The summed E-state index contributed by atoms with van der Waals surface area (Å²) >= 11 is 12.0. The zero-order valence-electron chi connectivity index (χ0n) is 11.1. The van der Waals surface area contributed by atoms with Crippen molar-refractivity contribution >= 4 is 28.9 Å². The Kier molecular flexibility index (Phi) is 5.01. The van der Waals surface area contributed by atoms with Crippen molar-refractivity contribution < 1.29 is 9.66 Å². The molecule has 0 aliphatic carbocycles. The van der Waals surface area contributed by atoms with E-state index in [9.17, 15) is 10.1 Å². The molecule has 2 aromatic rings. The molecule has 0 aliphatic rings. The van der Waals surface area contributed by atoms with Crippen molar-refractivity contribution in [3.63, 3.8) is 0 Å². The maximum absolute atomic E-state index is 10.7. The SMILES string of the molecule is CNCc1cccc(Cl)c1Oc1ccc([N+](=O)[O-])c(Cl)c1. The average Bonchev–Trinajstić information content (AvgIpc) is 2.42. The molecular formula is C14H12Cl2N2O3. The molecule has 2 aromatic carbocycles. The predicted octanol–water partition coefficient (Wildman–Crippen LogP) is 4.41. The molecule has 0 saturated carbocycles. The maximum Gasteiger partial charge on any atom is 0.288 e. The lowest BCUT2D eigenvalue weighted by atomic mass is 10.2. The van der Waals surface area contributed by atoms with Crippen LogP contribution in [0.1, 0.15) is 5.56 Å². The summed E-state index contributed by atoms with van der Waals surface area (Å²) in [7, 11) is 1.81. The van der Waals surface area contributed by atoms with E-state index < -0.39 is 4.92 Å². The van der Waals surface area contributed by atoms with E-state index in [1.807, 2.05) is 19.2 Å². The van der Waals surface area contributed by atoms with Crippen molar-refractivity contribution in [2.75, 3.05) is 7.05 Å². The van der Waals surface area contributed by atoms with E-state index in [0.29, 0.717) is 23.1 Å². The van der Waals surface area contributed by atoms with Gasteiger partial charge in [-0.05, 0) is 19.2 Å². The number of hydrogen-bond donors (Lipinski definition) is 1. The molecular weight excluding hydrogens is 315 g/mol. The van der Waals surface area contributed by atoms with Crippen LogP contribution in [0.3, 0.4) is 0 Å². The highest BCUT2D eigenvalue weighted by atomic mass is 35.5. The van der Waals surface area contributed by atoms with E-state index in [-0.39, 0.29) is 10.7 Å². The number of ether oxygens (including phenoxy) is 1. The van der Waals surface area contributed by atoms with Crippen molar-refractivity contribution in [2.24, 2.45) is 0 Å². The van der Waals surface area contributed by atoms with Gasteiger partial charge in [0.05, 0.1) is 9.95 Å². The van der Waals surface area contributed by atoms with Gasteiger partial charge in [-0.1, -0.05) is 35.3 Å². The lowest BCUT2D eigenvalue weighted by Crippen LogP contribution is -2.06. The summed E-state index contributed by atoms with van der Waals surface area (Å²) in [5.41, 5.74) is 0.707. The number of nitro benzene ring substituents is 1. The van der Waals surface area contributed by atoms with Gasteiger partial charge in [-0.15, -0.1) is 0 Å². The number of rotatable bonds is 5. The Morgan fingerprint density at radius 2 is 2.00 bits per heavy atom. The lowest BCUT2D eigenvalue weighted by molar-refractivity contribution is -0.384. The number of nitrogens with zero attached hydrogens (tertiary/aromatic N) is 1. The van der Waals surface area contributed by atoms with Gasteiger partial charge >= 0.3 is 0 Å². The Bertz CT molecular complexity index is 677. The third-order valence-electron chi connectivity index (χ3n) is 2.75. The van der Waals surface area contributed by atoms with Crippen LogP contribution in [0.2, 0.25) is 10.0 Å². The fraction of sp³-hybridized carbons (Fsp3) is 0.143. The standard InChI is InChI=1S/C14H12Cl2N2O3/c1-17-8-9-3-2-4-11(15)14(9)21-10-5-6-13(18(19)20)12(16)7-10/h2-7,17H,8H2,1H3. The Hall–Kier alpha value is -1.82. The van der Waals surface area contributed by atoms with Crippen LogP contribution in [0.25, 0.3) is 0 Å². The Labute approximate surface area is 131 Å². The summed E-state index contributed by atoms with van der Waals surface area (Å²) in [6.07, 6.45) is 0. The molecule has 0 aromatic heterocycles. The molecule has 1 N–H and O–H groups in total. The Morgan fingerprint density at radius 1 is 1.24 bits per heavy atom. The molecule has 0 atom stereocenters. The first-order chi connectivity index (χ1) is 10.0. The zero-order chi connectivity index (χ0) is 15.4. The summed E-state index contributed by atoms with van der Waals surface area (Å²) in [5, 5.41) is 14.2. The quantitative estimate of drug-likeness (QED) is 0.652. The van der Waals surface area contributed by atoms with Gasteiger partial charge < -0.3 is 10.1 Å². The molecule has 2 rings (SSSR count). The van der Waals surface area contributed by atoms with Crippen molar-refractivity contribution in [3.8, 4) is 11.5 Å². The van der Waals surface area contributed by atoms with Crippen LogP contribution in [0.4, 0.5) is 5.69 Å². The minimum atomic E-state index is -0.548. The normalized spacial score (nSPS) is 10.4. The number of halogens is 2. The van der Waals surface area contributed by atoms with Gasteiger partial charge in [0.1, 0.15) is 16.5 Å². The van der Waals surface area contributed by atoms with Crippen molar-refractivity contribution in [1.29, 1.82) is 0 Å². The summed E-state index contributed by atoms with van der Waals surface area (Å²) in [6.45, 7) is 0.580. The third-order valence-corrected chi connectivity index (χ3v) is 3.35. The summed E-state index contributed by atoms with van der Waals surface area (Å²) in [6, 6.07) is 9.59. The predicted molar refractivity (Wildman–Crippen MR) is 82.4 cm³/mol. The molecule has 0 aliphatic heterocycles. The molecule has 21 heavy (non-hydrogen) atoms. The van der Waals surface area contributed by atoms with E-state index in [4.69, 9.17) is 27.9 Å². The second-order valence-electron chi connectivity index (χ2n) is 4.23. The fourth-order valence-corrected chi connectivity index (χ4v) is 2.29. The summed E-state index contributed by atoms with van der Waals surface area (Å²) in [5.74, 6) is 0.884. The van der Waals surface area contributed by atoms with E-state index in [1.165, 1.54) is 18.2 Å². The van der Waals surface area contributed by atoms with E-state index in [0.717, 1.165) is 5.56 Å². The number of para-hydroxylation sites is 1. The number of nitrogens with one attached hydrogen (secondary N) is 1. The monoisotopic (exact) mass is 326 g/mol. The smallest absolute Gasteiger partial charge is 0.288 e. The molecule has 110 valence electrons. The highest BCUT2D eigenvalue weighted by Crippen LogP contribution is 2.35. The summed E-state index contributed by atoms with van der Waals surface area (Å²) < 4.78 is 5.73. The third kappa shape index (κ3) is 3.64. The van der Waals surface area contributed by atoms with E-state index in [2.05, 4.69) is 5.32 Å². The van der Waals surface area contributed by atoms with Crippen molar-refractivity contribution in [1.82, 2.24) is 5.32 Å². The van der Waals surface area contributed by atoms with Gasteiger partial charge in [-0.3, -0.25) is 10.1 Å². The van der Waals surface area contributed by atoms with Crippen LogP contribution in [-0.4, -0.2) is 12.0 Å². The minimum absolute atomic E-state index is 0.0136. The molecule has 0 saturated heterocycles. The van der Waals surface area contributed by atoms with Crippen LogP contribution >= 0.6 is 23.2 Å². The molecule has 0 bridgehead atoms. The van der Waals surface area contributed by atoms with Crippen molar-refractivity contribution in [2.45, 2.75) is 6.54 Å². The van der Waals surface area contributed by atoms with Crippen LogP contribution in [-0.2, 0) is 6.54 Å². The van der Waals surface area contributed by atoms with Crippen LogP contribution in [0.5, 0.6) is 11.5 Å². The van der Waals surface area contributed by atoms with Gasteiger partial charge in [-0.2, -0.15) is 0 Å². The Morgan fingerprint density at radius 3 is 2.62 bits per heavy atom. The summed E-state index contributed by atoms with van der Waals surface area (Å²) in [4.78, 5) is 10.2. The van der Waals surface area contributed by atoms with Gasteiger partial charge in [-0.25, -0.2) is 0 Å². The Balaban J connectivity index is 2.34. The van der Waals surface area contributed by atoms with Gasteiger partial charge in [0, 0.05) is 24.2 Å². The van der Waals surface area contributed by atoms with Crippen LogP contribution in [0, 0.1) is 10.1 Å². The van der Waals surface area contributed by atoms with Gasteiger partial charge in [0.15, 0.2) is 0 Å². The van der Waals surface area contributed by atoms with Gasteiger partial charge in [0.25, 0.3) is 5.69 Å². The van der Waals surface area contributed by atoms with E-state index >= 15 is 0 Å². The lowest BCUT2D eigenvalue weighted by Gasteiger charge is -2.12. The number of hydrogen-bond acceptors (Lipinski definition) is 4. The van der Waals surface area contributed by atoms with Crippen LogP contribution in [0.15, 0.2) is 36.4 Å². The second-order valence-corrected chi connectivity index (χ2v) is 5.05. The van der Waals surface area contributed by atoms with E-state index in [1.54, 1.807) is 6.07 Å². The second kappa shape index (κ2) is 6.76. The molecule has 0 radical (unpaired) electrons. The highest BCUT2D eigenvalue weighted by Gasteiger charge is 2.15. The molecule has 0 unspecified atom stereocenters. The van der Waals surface area contributed by atoms with Crippen molar-refractivity contribution in [3.05, 3.63) is 62.1 Å². The fourth-order valence-electron chi connectivity index (χ4n) is 1.81. The minimum Gasteiger partial charge on any atom is -0.455 e. The molecule has 5 nitrogen and oxygen atoms in total. The highest BCUT2D eigenvalue weighted by molar-refractivity contribution is 6.33. The molecule has 0 amide bonds. The molecule has 0 fully saturated rings. The average molecular weight is 327 g/mol. The zero-order valence-corrected chi connectivity index (χ0v) is 12.6. The topological polar surface area (TPSA) is 64.4 Å². The number of benzene rings is 2. The maximum atomic E-state index is 10.7. The van der Waals surface area contributed by atoms with Crippen LogP contribution < -0.4 is 10.1 Å². The molecule has 0 heterocycles. The molecule has 7 heteroatoms. The first kappa shape index (κ1) is 15.6. The number of nitro groups is 1. The van der Waals surface area contributed by atoms with Gasteiger partial charge in [0.2, 0.25) is 0 Å².